The summed E-state index contributed by atoms with van der Waals surface area (Å²) in [5.74, 6) is 0.400. The van der Waals surface area contributed by atoms with Gasteiger partial charge in [-0.3, -0.25) is 9.89 Å². The van der Waals surface area contributed by atoms with Gasteiger partial charge in [0.15, 0.2) is 11.6 Å². The Kier molecular flexibility index (Phi) is 6.50. The van der Waals surface area contributed by atoms with E-state index in [0.29, 0.717) is 17.2 Å². The highest BCUT2D eigenvalue weighted by atomic mass is 32.2. The van der Waals surface area contributed by atoms with Crippen molar-refractivity contribution in [1.29, 1.82) is 0 Å². The maximum Gasteiger partial charge on any atom is 0.251 e. The smallest absolute Gasteiger partial charge is 0.251 e. The quantitative estimate of drug-likeness (QED) is 0.261. The van der Waals surface area contributed by atoms with E-state index in [1.807, 2.05) is 30.5 Å². The molecular weight excluding hydrogens is 543 g/mol. The van der Waals surface area contributed by atoms with Crippen molar-refractivity contribution in [3.05, 3.63) is 90.6 Å². The van der Waals surface area contributed by atoms with Crippen LogP contribution >= 0.6 is 11.8 Å². The number of amides is 1. The number of hydrogen-bond donors (Lipinski definition) is 3. The number of carbonyl (C=O) groups excluding carboxylic acids is 1. The van der Waals surface area contributed by atoms with Crippen LogP contribution in [0.25, 0.3) is 5.52 Å². The summed E-state index contributed by atoms with van der Waals surface area (Å²) in [5, 5.41) is 18.2. The first-order chi connectivity index (χ1) is 18.8. The number of anilines is 2. The number of aromatic amines is 1. The molecule has 1 aliphatic heterocycles. The van der Waals surface area contributed by atoms with Gasteiger partial charge in [0.1, 0.15) is 17.7 Å². The lowest BCUT2D eigenvalue weighted by Gasteiger charge is -2.38. The number of benzene rings is 2. The largest absolute Gasteiger partial charge is 0.347 e. The molecule has 0 radical (unpaired) electrons. The summed E-state index contributed by atoms with van der Waals surface area (Å²) in [4.78, 5) is 17.9. The second kappa shape index (κ2) is 10.1. The maximum absolute atomic E-state index is 13.1. The standard InChI is InChI=1S/C25H21FN8O3S2/c26-17-6-8-20(9-7-17)39(36,37)33-13-18(14-33)29-25(35)16-3-1-4-19(11-16)38-23-12-22(31-32-23)30-24-21-5-2-10-34(21)28-15-27-24/h1-12,15,18H,13-14H2,(H,29,35)(H2,27,28,30,31,32). The van der Waals surface area contributed by atoms with Gasteiger partial charge in [-0.1, -0.05) is 17.8 Å². The number of fused-ring (bicyclic) bond motifs is 1. The van der Waals surface area contributed by atoms with Crippen LogP contribution in [0.1, 0.15) is 10.4 Å². The van der Waals surface area contributed by atoms with E-state index in [-0.39, 0.29) is 29.9 Å². The molecule has 0 saturated carbocycles. The average molecular weight is 565 g/mol. The van der Waals surface area contributed by atoms with Gasteiger partial charge >= 0.3 is 0 Å². The van der Waals surface area contributed by atoms with E-state index >= 15 is 0 Å². The van der Waals surface area contributed by atoms with Gasteiger partial charge in [-0.25, -0.2) is 22.3 Å². The molecule has 1 aliphatic rings. The van der Waals surface area contributed by atoms with Gasteiger partial charge in [-0.15, -0.1) is 0 Å². The van der Waals surface area contributed by atoms with E-state index in [0.717, 1.165) is 27.6 Å². The zero-order valence-electron chi connectivity index (χ0n) is 20.2. The summed E-state index contributed by atoms with van der Waals surface area (Å²) >= 11 is 1.41. The van der Waals surface area contributed by atoms with Crippen LogP contribution in [-0.2, 0) is 10.0 Å². The van der Waals surface area contributed by atoms with E-state index in [9.17, 15) is 17.6 Å². The topological polar surface area (TPSA) is 137 Å². The van der Waals surface area contributed by atoms with Gasteiger partial charge in [0, 0.05) is 35.8 Å². The Morgan fingerprint density at radius 3 is 2.72 bits per heavy atom. The molecule has 4 heterocycles. The van der Waals surface area contributed by atoms with Gasteiger partial charge in [0.25, 0.3) is 5.91 Å². The Morgan fingerprint density at radius 2 is 1.90 bits per heavy atom. The summed E-state index contributed by atoms with van der Waals surface area (Å²) in [6.45, 7) is 0.289. The number of halogens is 1. The minimum absolute atomic E-state index is 0.0192. The number of sulfonamides is 1. The number of hydrogen-bond acceptors (Lipinski definition) is 8. The highest BCUT2D eigenvalue weighted by Gasteiger charge is 2.37. The number of aromatic nitrogens is 5. The number of H-pyrrole nitrogens is 1. The van der Waals surface area contributed by atoms with Crippen LogP contribution in [0.2, 0.25) is 0 Å². The fourth-order valence-corrected chi connectivity index (χ4v) is 6.46. The summed E-state index contributed by atoms with van der Waals surface area (Å²) < 4.78 is 41.4. The summed E-state index contributed by atoms with van der Waals surface area (Å²) in [6.07, 6.45) is 3.29. The zero-order valence-corrected chi connectivity index (χ0v) is 21.8. The minimum Gasteiger partial charge on any atom is -0.347 e. The Bertz CT molecular complexity index is 1770. The lowest BCUT2D eigenvalue weighted by atomic mass is 10.1. The van der Waals surface area contributed by atoms with Crippen LogP contribution in [0.15, 0.2) is 94.1 Å². The first-order valence-corrected chi connectivity index (χ1v) is 14.1. The molecule has 1 amide bonds. The van der Waals surface area contributed by atoms with E-state index in [1.54, 1.807) is 22.7 Å². The van der Waals surface area contributed by atoms with E-state index in [2.05, 4.69) is 30.9 Å². The van der Waals surface area contributed by atoms with Crippen LogP contribution in [0.3, 0.4) is 0 Å². The monoisotopic (exact) mass is 564 g/mol. The van der Waals surface area contributed by atoms with Crippen molar-refractivity contribution in [2.24, 2.45) is 0 Å². The molecule has 198 valence electrons. The molecule has 0 bridgehead atoms. The molecule has 1 fully saturated rings. The minimum atomic E-state index is -3.73. The van der Waals surface area contributed by atoms with E-state index < -0.39 is 15.8 Å². The van der Waals surface area contributed by atoms with Gasteiger partial charge in [0.05, 0.1) is 16.0 Å². The fraction of sp³-hybridized carbons (Fsp3) is 0.120. The predicted molar refractivity (Wildman–Crippen MR) is 142 cm³/mol. The van der Waals surface area contributed by atoms with E-state index in [4.69, 9.17) is 0 Å². The normalized spacial score (nSPS) is 14.3. The van der Waals surface area contributed by atoms with Crippen molar-refractivity contribution in [2.45, 2.75) is 20.9 Å². The number of rotatable bonds is 8. The molecule has 1 saturated heterocycles. The summed E-state index contributed by atoms with van der Waals surface area (Å²) in [6, 6.07) is 17.1. The molecule has 0 spiro atoms. The number of carbonyl (C=O) groups is 1. The first kappa shape index (κ1) is 25.0. The molecule has 14 heteroatoms. The van der Waals surface area contributed by atoms with Gasteiger partial charge < -0.3 is 10.6 Å². The van der Waals surface area contributed by atoms with Gasteiger partial charge in [-0.2, -0.15) is 14.5 Å². The Hall–Kier alpha value is -4.27. The van der Waals surface area contributed by atoms with Crippen LogP contribution in [-0.4, -0.2) is 62.6 Å². The predicted octanol–water partition coefficient (Wildman–Crippen LogP) is 3.29. The van der Waals surface area contributed by atoms with Crippen LogP contribution < -0.4 is 10.6 Å². The lowest BCUT2D eigenvalue weighted by Crippen LogP contribution is -2.60. The van der Waals surface area contributed by atoms with E-state index in [1.165, 1.54) is 34.5 Å². The van der Waals surface area contributed by atoms with Gasteiger partial charge in [-0.05, 0) is 54.6 Å². The molecule has 39 heavy (non-hydrogen) atoms. The third-order valence-electron chi connectivity index (χ3n) is 6.09. The number of nitrogens with zero attached hydrogens (tertiary/aromatic N) is 5. The summed E-state index contributed by atoms with van der Waals surface area (Å²) in [5.41, 5.74) is 1.27. The molecule has 0 unspecified atom stereocenters. The Balaban J connectivity index is 1.06. The Labute approximate surface area is 226 Å². The van der Waals surface area contributed by atoms with Crippen molar-refractivity contribution < 1.29 is 17.6 Å². The lowest BCUT2D eigenvalue weighted by molar-refractivity contribution is 0.0895. The van der Waals surface area contributed by atoms with Crippen molar-refractivity contribution in [1.82, 2.24) is 34.4 Å². The van der Waals surface area contributed by atoms with Crippen LogP contribution in [0, 0.1) is 5.82 Å². The zero-order chi connectivity index (χ0) is 27.0. The molecule has 6 rings (SSSR count). The van der Waals surface area contributed by atoms with Crippen molar-refractivity contribution in [3.8, 4) is 0 Å². The highest BCUT2D eigenvalue weighted by molar-refractivity contribution is 7.99. The summed E-state index contributed by atoms with van der Waals surface area (Å²) in [7, 11) is -3.73. The SMILES string of the molecule is O=C(NC1CN(S(=O)(=O)c2ccc(F)cc2)C1)c1cccc(Sc2cc(Nc3ncnn4cccc34)n[nH]2)c1. The highest BCUT2D eigenvalue weighted by Crippen LogP contribution is 2.29. The Morgan fingerprint density at radius 1 is 1.08 bits per heavy atom. The molecule has 5 aromatic rings. The molecule has 0 atom stereocenters. The third kappa shape index (κ3) is 5.21. The molecule has 0 aliphatic carbocycles. The second-order valence-corrected chi connectivity index (χ2v) is 11.8. The van der Waals surface area contributed by atoms with Crippen LogP contribution in [0.4, 0.5) is 16.0 Å². The molecule has 2 aromatic carbocycles. The maximum atomic E-state index is 13.1. The molecule has 11 nitrogen and oxygen atoms in total. The number of nitrogens with one attached hydrogen (secondary N) is 3. The molecular formula is C25H21FN8O3S2. The second-order valence-electron chi connectivity index (χ2n) is 8.77. The van der Waals surface area contributed by atoms with Crippen LogP contribution in [0.5, 0.6) is 0 Å². The van der Waals surface area contributed by atoms with Gasteiger partial charge in [0.2, 0.25) is 10.0 Å². The fourth-order valence-electron chi connectivity index (χ4n) is 4.08. The molecule has 3 aromatic heterocycles. The third-order valence-corrected chi connectivity index (χ3v) is 8.86. The van der Waals surface area contributed by atoms with Crippen molar-refractivity contribution >= 4 is 44.8 Å². The first-order valence-electron chi connectivity index (χ1n) is 11.8. The average Bonchev–Trinajstić information content (AvgIpc) is 3.56. The molecule has 3 N–H and O–H groups in total. The van der Waals surface area contributed by atoms with Crippen molar-refractivity contribution in [2.75, 3.05) is 18.4 Å². The van der Waals surface area contributed by atoms with Crippen molar-refractivity contribution in [3.63, 3.8) is 0 Å².